The number of nitrogen functional groups attached to an aromatic ring is 1. The molecule has 0 aliphatic carbocycles. The molecule has 0 saturated carbocycles. The van der Waals surface area contributed by atoms with Crippen LogP contribution in [0.2, 0.25) is 0 Å². The first-order valence-corrected chi connectivity index (χ1v) is 8.11. The highest BCUT2D eigenvalue weighted by Gasteiger charge is 2.15. The number of ether oxygens (including phenoxy) is 1. The minimum atomic E-state index is -0.472. The number of carbonyl (C=O) groups excluding carboxylic acids is 1. The van der Waals surface area contributed by atoms with Crippen molar-refractivity contribution in [3.05, 3.63) is 78.9 Å². The Hall–Kier alpha value is -3.27. The van der Waals surface area contributed by atoms with Crippen LogP contribution in [0.4, 0.5) is 11.4 Å². The summed E-state index contributed by atoms with van der Waals surface area (Å²) in [6.07, 6.45) is 0. The molecule has 0 aromatic heterocycles. The van der Waals surface area contributed by atoms with Gasteiger partial charge in [-0.3, -0.25) is 0 Å². The molecule has 3 aromatic rings. The second kappa shape index (κ2) is 7.53. The van der Waals surface area contributed by atoms with Crippen molar-refractivity contribution in [1.82, 2.24) is 0 Å². The summed E-state index contributed by atoms with van der Waals surface area (Å²) < 4.78 is 5.34. The lowest BCUT2D eigenvalue weighted by Crippen LogP contribution is -2.30. The van der Waals surface area contributed by atoms with Crippen molar-refractivity contribution in [2.75, 3.05) is 11.1 Å². The first-order valence-electron chi connectivity index (χ1n) is 8.11. The number of rotatable bonds is 5. The van der Waals surface area contributed by atoms with Crippen LogP contribution in [-0.2, 0) is 4.79 Å². The molecule has 1 unspecified atom stereocenters. The van der Waals surface area contributed by atoms with Crippen LogP contribution < -0.4 is 15.8 Å². The van der Waals surface area contributed by atoms with Gasteiger partial charge in [0.05, 0.1) is 0 Å². The van der Waals surface area contributed by atoms with E-state index in [9.17, 15) is 4.79 Å². The molecule has 0 saturated heterocycles. The van der Waals surface area contributed by atoms with E-state index in [0.29, 0.717) is 11.4 Å². The second-order valence-electron chi connectivity index (χ2n) is 5.80. The zero-order valence-electron chi connectivity index (χ0n) is 14.0. The van der Waals surface area contributed by atoms with Crippen LogP contribution in [0.25, 0.3) is 11.1 Å². The highest BCUT2D eigenvalue weighted by Crippen LogP contribution is 2.21. The highest BCUT2D eigenvalue weighted by molar-refractivity contribution is 5.81. The van der Waals surface area contributed by atoms with Crippen molar-refractivity contribution in [2.45, 2.75) is 13.0 Å². The molecule has 0 radical (unpaired) electrons. The molecule has 4 nitrogen and oxygen atoms in total. The Bertz CT molecular complexity index is 828. The summed E-state index contributed by atoms with van der Waals surface area (Å²) in [6.45, 7) is 1.77. The number of nitrogens with one attached hydrogen (secondary N) is 1. The molecule has 0 aliphatic rings. The van der Waals surface area contributed by atoms with Crippen molar-refractivity contribution >= 4 is 17.3 Å². The molecular weight excluding hydrogens is 312 g/mol. The molecule has 0 amide bonds. The first kappa shape index (κ1) is 16.6. The molecule has 4 heteroatoms. The Morgan fingerprint density at radius 1 is 0.880 bits per heavy atom. The summed E-state index contributed by atoms with van der Waals surface area (Å²) in [7, 11) is 0. The maximum Gasteiger partial charge on any atom is 0.333 e. The molecule has 3 aromatic carbocycles. The smallest absolute Gasteiger partial charge is 0.333 e. The predicted molar refractivity (Wildman–Crippen MR) is 101 cm³/mol. The van der Waals surface area contributed by atoms with Gasteiger partial charge in [0.25, 0.3) is 0 Å². The van der Waals surface area contributed by atoms with Crippen LogP contribution in [-0.4, -0.2) is 12.0 Å². The van der Waals surface area contributed by atoms with Crippen LogP contribution in [0.1, 0.15) is 6.92 Å². The Morgan fingerprint density at radius 2 is 1.48 bits per heavy atom. The minimum Gasteiger partial charge on any atom is -0.425 e. The summed E-state index contributed by atoms with van der Waals surface area (Å²) in [6, 6.07) is 24.4. The topological polar surface area (TPSA) is 64.3 Å². The summed E-state index contributed by atoms with van der Waals surface area (Å²) in [5, 5.41) is 3.15. The van der Waals surface area contributed by atoms with Gasteiger partial charge in [0.1, 0.15) is 11.8 Å². The standard InChI is InChI=1S/C21H20N2O2/c1-15(21(24)25-20-13-9-18(22)10-14-20)23-19-11-7-17(8-12-19)16-5-3-2-4-6-16/h2-15,23H,22H2,1H3. The monoisotopic (exact) mass is 332 g/mol. The summed E-state index contributed by atoms with van der Waals surface area (Å²) in [4.78, 5) is 12.2. The third-order valence-corrected chi connectivity index (χ3v) is 3.83. The van der Waals surface area contributed by atoms with Crippen molar-refractivity contribution in [3.8, 4) is 16.9 Å². The maximum absolute atomic E-state index is 12.2. The second-order valence-corrected chi connectivity index (χ2v) is 5.80. The van der Waals surface area contributed by atoms with Crippen LogP contribution in [0.3, 0.4) is 0 Å². The van der Waals surface area contributed by atoms with E-state index in [4.69, 9.17) is 10.5 Å². The zero-order valence-corrected chi connectivity index (χ0v) is 14.0. The van der Waals surface area contributed by atoms with Gasteiger partial charge in [-0.15, -0.1) is 0 Å². The molecule has 0 bridgehead atoms. The van der Waals surface area contributed by atoms with Gasteiger partial charge in [-0.25, -0.2) is 4.79 Å². The fraction of sp³-hybridized carbons (Fsp3) is 0.0952. The Morgan fingerprint density at radius 3 is 2.12 bits per heavy atom. The summed E-state index contributed by atoms with van der Waals surface area (Å²) in [5.41, 5.74) is 9.40. The molecule has 0 heterocycles. The van der Waals surface area contributed by atoms with E-state index >= 15 is 0 Å². The van der Waals surface area contributed by atoms with Crippen LogP contribution in [0.5, 0.6) is 5.75 Å². The lowest BCUT2D eigenvalue weighted by molar-refractivity contribution is -0.134. The van der Waals surface area contributed by atoms with Gasteiger partial charge in [0, 0.05) is 11.4 Å². The van der Waals surface area contributed by atoms with Crippen molar-refractivity contribution in [2.24, 2.45) is 0 Å². The SMILES string of the molecule is CC(Nc1ccc(-c2ccccc2)cc1)C(=O)Oc1ccc(N)cc1. The zero-order chi connectivity index (χ0) is 17.6. The van der Waals surface area contributed by atoms with Crippen LogP contribution in [0, 0.1) is 0 Å². The van der Waals surface area contributed by atoms with Gasteiger partial charge in [-0.2, -0.15) is 0 Å². The van der Waals surface area contributed by atoms with Crippen LogP contribution in [0.15, 0.2) is 78.9 Å². The van der Waals surface area contributed by atoms with Gasteiger partial charge in [-0.1, -0.05) is 42.5 Å². The van der Waals surface area contributed by atoms with Gasteiger partial charge in [-0.05, 0) is 54.4 Å². The van der Waals surface area contributed by atoms with E-state index < -0.39 is 6.04 Å². The van der Waals surface area contributed by atoms with Gasteiger partial charge in [0.15, 0.2) is 0 Å². The number of hydrogen-bond donors (Lipinski definition) is 2. The molecule has 0 spiro atoms. The fourth-order valence-corrected chi connectivity index (χ4v) is 2.44. The first-order chi connectivity index (χ1) is 12.1. The lowest BCUT2D eigenvalue weighted by Gasteiger charge is -2.15. The molecular formula is C21H20N2O2. The van der Waals surface area contributed by atoms with Gasteiger partial charge in [0.2, 0.25) is 0 Å². The minimum absolute atomic E-state index is 0.350. The molecule has 3 N–H and O–H groups in total. The van der Waals surface area contributed by atoms with Crippen LogP contribution >= 0.6 is 0 Å². The average Bonchev–Trinajstić information content (AvgIpc) is 2.65. The maximum atomic E-state index is 12.2. The van der Waals surface area contributed by atoms with Gasteiger partial charge >= 0.3 is 5.97 Å². The molecule has 0 fully saturated rings. The average molecular weight is 332 g/mol. The van der Waals surface area contributed by atoms with E-state index in [0.717, 1.165) is 16.8 Å². The number of anilines is 2. The third kappa shape index (κ3) is 4.38. The van der Waals surface area contributed by atoms with E-state index in [1.807, 2.05) is 42.5 Å². The van der Waals surface area contributed by atoms with Crippen molar-refractivity contribution in [1.29, 1.82) is 0 Å². The number of esters is 1. The Balaban J connectivity index is 1.61. The normalized spacial score (nSPS) is 11.6. The Kier molecular flexibility index (Phi) is 5.00. The third-order valence-electron chi connectivity index (χ3n) is 3.83. The highest BCUT2D eigenvalue weighted by atomic mass is 16.5. The lowest BCUT2D eigenvalue weighted by atomic mass is 10.1. The largest absolute Gasteiger partial charge is 0.425 e. The Labute approximate surface area is 147 Å². The van der Waals surface area contributed by atoms with Crippen molar-refractivity contribution < 1.29 is 9.53 Å². The van der Waals surface area contributed by atoms with E-state index in [2.05, 4.69) is 17.4 Å². The molecule has 3 rings (SSSR count). The number of nitrogens with two attached hydrogens (primary N) is 1. The molecule has 25 heavy (non-hydrogen) atoms. The molecule has 0 aliphatic heterocycles. The fourth-order valence-electron chi connectivity index (χ4n) is 2.44. The number of carbonyl (C=O) groups is 1. The molecule has 126 valence electrons. The van der Waals surface area contributed by atoms with E-state index in [1.165, 1.54) is 0 Å². The number of benzene rings is 3. The quantitative estimate of drug-likeness (QED) is 0.414. The van der Waals surface area contributed by atoms with Gasteiger partial charge < -0.3 is 15.8 Å². The summed E-state index contributed by atoms with van der Waals surface area (Å²) in [5.74, 6) is 0.129. The molecule has 1 atom stereocenters. The number of hydrogen-bond acceptors (Lipinski definition) is 4. The van der Waals surface area contributed by atoms with Crippen molar-refractivity contribution in [3.63, 3.8) is 0 Å². The van der Waals surface area contributed by atoms with E-state index in [1.54, 1.807) is 31.2 Å². The summed E-state index contributed by atoms with van der Waals surface area (Å²) >= 11 is 0. The predicted octanol–water partition coefficient (Wildman–Crippen LogP) is 4.34. The van der Waals surface area contributed by atoms with E-state index in [-0.39, 0.29) is 5.97 Å².